The molecule has 4 aliphatic heterocycles. The van der Waals surface area contributed by atoms with E-state index in [1.54, 1.807) is 0 Å². The van der Waals surface area contributed by atoms with Crippen molar-refractivity contribution in [2.24, 2.45) is 17.3 Å². The molecule has 7 rings (SSSR count). The molecule has 2 saturated carbocycles. The van der Waals surface area contributed by atoms with Gasteiger partial charge in [0.05, 0.1) is 13.9 Å². The Morgan fingerprint density at radius 2 is 1.88 bits per heavy atom. The molecule has 2 spiro atoms. The third-order valence-corrected chi connectivity index (χ3v) is 9.77. The Hall–Kier alpha value is 1.20. The average molecular weight is 484 g/mol. The van der Waals surface area contributed by atoms with Crippen LogP contribution >= 0.6 is 7.82 Å². The Balaban J connectivity index is 0.00000108. The number of hydrogen-bond donors (Lipinski definition) is 0. The van der Waals surface area contributed by atoms with Gasteiger partial charge in [-0.25, -0.2) is 4.79 Å². The molecule has 0 amide bonds. The number of ether oxygens (including phenoxy) is 4. The topological polar surface area (TPSA) is 136 Å². The Bertz CT molecular complexity index is 998. The van der Waals surface area contributed by atoms with Gasteiger partial charge in [-0.3, -0.25) is 0 Å². The van der Waals surface area contributed by atoms with E-state index < -0.39 is 36.1 Å². The summed E-state index contributed by atoms with van der Waals surface area (Å²) in [5, 5.41) is 0. The molecular weight excluding hydrogens is 461 g/mol. The molecule has 0 aromatic heterocycles. The van der Waals surface area contributed by atoms with E-state index in [-0.39, 0.29) is 95.2 Å². The molecule has 0 radical (unpaired) electrons. The maximum absolute atomic E-state index is 12.2. The first-order valence-corrected chi connectivity index (χ1v) is 12.1. The van der Waals surface area contributed by atoms with Gasteiger partial charge in [0.15, 0.2) is 5.60 Å². The number of esters is 1. The van der Waals surface area contributed by atoms with Crippen molar-refractivity contribution in [3.8, 4) is 0 Å². The molecule has 12 heteroatoms. The quantitative estimate of drug-likeness (QED) is 0.166. The van der Waals surface area contributed by atoms with Crippen molar-refractivity contribution in [1.29, 1.82) is 0 Å². The summed E-state index contributed by atoms with van der Waals surface area (Å²) in [5.41, 5.74) is -1.33. The van der Waals surface area contributed by atoms with Crippen LogP contribution in [0, 0.1) is 17.3 Å². The fraction of sp³-hybridized carbons (Fsp3) is 0.850. The van der Waals surface area contributed by atoms with E-state index >= 15 is 0 Å². The van der Waals surface area contributed by atoms with Crippen LogP contribution in [0.15, 0.2) is 11.1 Å². The second-order valence-electron chi connectivity index (χ2n) is 10.4. The Morgan fingerprint density at radius 3 is 2.53 bits per heavy atom. The van der Waals surface area contributed by atoms with Crippen LogP contribution in [0.3, 0.4) is 0 Å². The van der Waals surface area contributed by atoms with Gasteiger partial charge >= 0.3 is 65.1 Å². The van der Waals surface area contributed by atoms with E-state index in [9.17, 15) is 19.1 Å². The number of hydrogen-bond acceptors (Lipinski definition) is 9. The maximum atomic E-state index is 12.2. The van der Waals surface area contributed by atoms with Crippen molar-refractivity contribution < 1.29 is 102 Å². The predicted molar refractivity (Wildman–Crippen MR) is 93.6 cm³/mol. The third kappa shape index (κ3) is 2.52. The summed E-state index contributed by atoms with van der Waals surface area (Å²) in [6, 6.07) is 0. The normalized spacial score (nSPS) is 53.3. The van der Waals surface area contributed by atoms with Gasteiger partial charge in [0.25, 0.3) is 0 Å². The molecule has 0 aromatic rings. The van der Waals surface area contributed by atoms with E-state index in [2.05, 4.69) is 6.92 Å². The first kappa shape index (κ1) is 24.9. The van der Waals surface area contributed by atoms with Crippen LogP contribution in [0.1, 0.15) is 40.0 Å². The van der Waals surface area contributed by atoms with Crippen molar-refractivity contribution >= 4 is 13.8 Å². The molecule has 3 saturated heterocycles. The maximum Gasteiger partial charge on any atom is 1.00 e. The molecule has 0 aromatic carbocycles. The summed E-state index contributed by atoms with van der Waals surface area (Å²) in [6.45, 7) is 6.31. The Morgan fingerprint density at radius 1 is 1.16 bits per heavy atom. The Labute approximate surface area is 230 Å². The van der Waals surface area contributed by atoms with Gasteiger partial charge in [0.1, 0.15) is 36.1 Å². The summed E-state index contributed by atoms with van der Waals surface area (Å²) >= 11 is 0. The van der Waals surface area contributed by atoms with Crippen LogP contribution in [0.2, 0.25) is 0 Å². The number of carbonyl (C=O) groups is 1. The number of epoxide rings is 3. The van der Waals surface area contributed by atoms with E-state index in [1.165, 1.54) is 0 Å². The molecule has 3 aliphatic carbocycles. The largest absolute Gasteiger partial charge is 1.00 e. The van der Waals surface area contributed by atoms with Gasteiger partial charge in [0.2, 0.25) is 0 Å². The zero-order valence-corrected chi connectivity index (χ0v) is 23.8. The van der Waals surface area contributed by atoms with Crippen molar-refractivity contribution in [3.05, 3.63) is 11.1 Å². The molecule has 9 nitrogen and oxygen atoms in total. The van der Waals surface area contributed by atoms with Gasteiger partial charge in [0, 0.05) is 11.0 Å². The second kappa shape index (κ2) is 6.94. The molecule has 0 N–H and O–H groups in total. The summed E-state index contributed by atoms with van der Waals surface area (Å²) in [5.74, 6) is -0.276. The number of carbonyl (C=O) groups excluding carboxylic acids is 1. The summed E-state index contributed by atoms with van der Waals surface area (Å²) in [7, 11) is -5.29. The molecule has 5 fully saturated rings. The fourth-order valence-electron chi connectivity index (χ4n) is 7.95. The molecule has 7 aliphatic rings. The van der Waals surface area contributed by atoms with Crippen LogP contribution in [0.5, 0.6) is 0 Å². The van der Waals surface area contributed by atoms with Crippen molar-refractivity contribution in [2.75, 3.05) is 6.61 Å². The average Bonchev–Trinajstić information content (AvgIpc) is 3.52. The molecule has 164 valence electrons. The summed E-state index contributed by atoms with van der Waals surface area (Å²) < 4.78 is 41.2. The van der Waals surface area contributed by atoms with E-state index in [0.29, 0.717) is 25.9 Å². The van der Waals surface area contributed by atoms with Gasteiger partial charge in [-0.2, -0.15) is 0 Å². The molecule has 0 bridgehead atoms. The smallest absolute Gasteiger partial charge is 0.790 e. The minimum Gasteiger partial charge on any atom is -0.790 e. The Kier molecular flexibility index (Phi) is 5.40. The number of rotatable bonds is 3. The number of phosphoric ester groups is 1. The zero-order valence-electron chi connectivity index (χ0n) is 18.9. The van der Waals surface area contributed by atoms with E-state index in [0.717, 1.165) is 11.1 Å². The predicted octanol–water partition coefficient (Wildman–Crippen LogP) is -6.04. The third-order valence-electron chi connectivity index (χ3n) is 9.30. The minimum atomic E-state index is -5.29. The van der Waals surface area contributed by atoms with E-state index in [1.807, 2.05) is 13.8 Å². The van der Waals surface area contributed by atoms with Gasteiger partial charge < -0.3 is 37.8 Å². The van der Waals surface area contributed by atoms with Gasteiger partial charge in [-0.05, 0) is 36.7 Å². The van der Waals surface area contributed by atoms with Crippen LogP contribution in [0.4, 0.5) is 0 Å². The SMILES string of the molecule is CC(C)[C@]12O[C@H]1C1O[C@]13[C@]1(O[C@H]1C[C@H]1C4=C(CC[C@@]13C)C(=O)OC4)[C@@H]2OP(=O)([O-])[O-].[Na+].[Na+]. The first-order valence-electron chi connectivity index (χ1n) is 10.7. The van der Waals surface area contributed by atoms with Crippen LogP contribution in [-0.2, 0) is 32.8 Å². The summed E-state index contributed by atoms with van der Waals surface area (Å²) in [4.78, 5) is 35.7. The van der Waals surface area contributed by atoms with Crippen molar-refractivity contribution in [1.82, 2.24) is 0 Å². The molecule has 9 atom stereocenters. The van der Waals surface area contributed by atoms with Crippen LogP contribution in [-0.4, -0.2) is 53.8 Å². The van der Waals surface area contributed by atoms with E-state index in [4.69, 9.17) is 23.5 Å². The van der Waals surface area contributed by atoms with Crippen molar-refractivity contribution in [3.63, 3.8) is 0 Å². The molecule has 32 heavy (non-hydrogen) atoms. The monoisotopic (exact) mass is 484 g/mol. The second-order valence-corrected chi connectivity index (χ2v) is 11.5. The standard InChI is InChI=1S/C20H25O9P.2Na/c1-8(2)18-13(27-18)14-20(28-14)17(3)5-4-9-10(7-25-15(9)21)11(17)6-12-19(20,26-12)16(18)29-30(22,23)24;;/h8,11-14,16H,4-7H2,1-3H3,(H2,22,23,24);;/q;2*+1/p-2/t11-,12-,13-,14?,16+,17-,18-,19+,20+;;/m0../s1. The first-order chi connectivity index (χ1) is 14.0. The summed E-state index contributed by atoms with van der Waals surface area (Å²) in [6.07, 6.45) is -0.0272. The van der Waals surface area contributed by atoms with Crippen molar-refractivity contribution in [2.45, 2.75) is 81.3 Å². The van der Waals surface area contributed by atoms with Crippen LogP contribution in [0.25, 0.3) is 0 Å². The minimum absolute atomic E-state index is 0. The number of fused-ring (bicyclic) bond motifs is 4. The van der Waals surface area contributed by atoms with Crippen LogP contribution < -0.4 is 68.9 Å². The molecule has 1 unspecified atom stereocenters. The number of cyclic esters (lactones) is 1. The fourth-order valence-corrected chi connectivity index (χ4v) is 8.53. The number of phosphoric acid groups is 1. The van der Waals surface area contributed by atoms with Gasteiger partial charge in [-0.1, -0.05) is 20.8 Å². The zero-order chi connectivity index (χ0) is 21.1. The molecule has 4 heterocycles. The molecular formula is C20H23Na2O9P. The van der Waals surface area contributed by atoms with Gasteiger partial charge in [-0.15, -0.1) is 0 Å².